The predicted molar refractivity (Wildman–Crippen MR) is 91.9 cm³/mol. The summed E-state index contributed by atoms with van der Waals surface area (Å²) in [6, 6.07) is 15.8. The van der Waals surface area contributed by atoms with E-state index in [1.165, 1.54) is 0 Å². The number of aromatic nitrogens is 2. The number of imidazole rings is 1. The predicted octanol–water partition coefficient (Wildman–Crippen LogP) is 4.28. The van der Waals surface area contributed by atoms with Gasteiger partial charge >= 0.3 is 0 Å². The second-order valence-corrected chi connectivity index (χ2v) is 5.99. The van der Waals surface area contributed by atoms with Crippen LogP contribution in [0.15, 0.2) is 48.5 Å². The minimum atomic E-state index is 0.452. The molecule has 0 aliphatic heterocycles. The Labute approximate surface area is 136 Å². The quantitative estimate of drug-likeness (QED) is 0.682. The molecule has 0 N–H and O–H groups in total. The van der Waals surface area contributed by atoms with Crippen LogP contribution < -0.4 is 9.47 Å². The zero-order valence-corrected chi connectivity index (χ0v) is 13.8. The highest BCUT2D eigenvalue weighted by Gasteiger charge is 2.12. The molecule has 0 saturated heterocycles. The van der Waals surface area contributed by atoms with E-state index in [0.29, 0.717) is 12.5 Å². The van der Waals surface area contributed by atoms with Crippen molar-refractivity contribution < 1.29 is 9.47 Å². The van der Waals surface area contributed by atoms with E-state index in [1.54, 1.807) is 7.11 Å². The van der Waals surface area contributed by atoms with Crippen molar-refractivity contribution in [2.24, 2.45) is 5.92 Å². The third kappa shape index (κ3) is 3.47. The summed E-state index contributed by atoms with van der Waals surface area (Å²) >= 11 is 0. The van der Waals surface area contributed by atoms with Gasteiger partial charge in [0.1, 0.15) is 23.9 Å². The maximum absolute atomic E-state index is 5.90. The lowest BCUT2D eigenvalue weighted by Crippen LogP contribution is -2.11. The highest BCUT2D eigenvalue weighted by molar-refractivity contribution is 5.75. The third-order valence-corrected chi connectivity index (χ3v) is 3.71. The molecule has 2 aromatic carbocycles. The molecule has 120 valence electrons. The molecule has 1 heterocycles. The molecule has 0 spiro atoms. The summed E-state index contributed by atoms with van der Waals surface area (Å²) in [4.78, 5) is 4.73. The van der Waals surface area contributed by atoms with Gasteiger partial charge in [-0.1, -0.05) is 26.0 Å². The SMILES string of the molecule is COc1ccc(OCc2nc3ccccc3n2CC(C)C)cc1. The molecule has 0 bridgehead atoms. The van der Waals surface area contributed by atoms with Gasteiger partial charge in [-0.05, 0) is 42.3 Å². The fourth-order valence-corrected chi connectivity index (χ4v) is 2.62. The summed E-state index contributed by atoms with van der Waals surface area (Å²) in [6.45, 7) is 5.81. The van der Waals surface area contributed by atoms with Crippen molar-refractivity contribution in [3.63, 3.8) is 0 Å². The number of ether oxygens (including phenoxy) is 2. The number of fused-ring (bicyclic) bond motifs is 1. The number of hydrogen-bond donors (Lipinski definition) is 0. The van der Waals surface area contributed by atoms with E-state index >= 15 is 0 Å². The lowest BCUT2D eigenvalue weighted by Gasteiger charge is -2.12. The molecular formula is C19H22N2O2. The van der Waals surface area contributed by atoms with Gasteiger partial charge in [-0.3, -0.25) is 0 Å². The van der Waals surface area contributed by atoms with Crippen molar-refractivity contribution in [1.82, 2.24) is 9.55 Å². The Hall–Kier alpha value is -2.49. The zero-order chi connectivity index (χ0) is 16.2. The van der Waals surface area contributed by atoms with Gasteiger partial charge in [0.15, 0.2) is 0 Å². The summed E-state index contributed by atoms with van der Waals surface area (Å²) in [7, 11) is 1.66. The highest BCUT2D eigenvalue weighted by atomic mass is 16.5. The average Bonchev–Trinajstić information content (AvgIpc) is 2.91. The number of para-hydroxylation sites is 2. The second kappa shape index (κ2) is 6.73. The topological polar surface area (TPSA) is 36.3 Å². The Morgan fingerprint density at radius 2 is 1.70 bits per heavy atom. The Balaban J connectivity index is 1.83. The second-order valence-electron chi connectivity index (χ2n) is 5.99. The summed E-state index contributed by atoms with van der Waals surface area (Å²) in [5.41, 5.74) is 2.18. The fourth-order valence-electron chi connectivity index (χ4n) is 2.62. The van der Waals surface area contributed by atoms with Crippen LogP contribution in [-0.2, 0) is 13.2 Å². The van der Waals surface area contributed by atoms with E-state index in [-0.39, 0.29) is 0 Å². The molecule has 1 aromatic heterocycles. The van der Waals surface area contributed by atoms with Crippen molar-refractivity contribution in [1.29, 1.82) is 0 Å². The van der Waals surface area contributed by atoms with Crippen LogP contribution in [0.1, 0.15) is 19.7 Å². The molecule has 0 amide bonds. The Morgan fingerprint density at radius 1 is 1.00 bits per heavy atom. The van der Waals surface area contributed by atoms with Crippen molar-refractivity contribution in [2.45, 2.75) is 27.0 Å². The molecule has 0 aliphatic carbocycles. The first-order chi connectivity index (χ1) is 11.2. The highest BCUT2D eigenvalue weighted by Crippen LogP contribution is 2.21. The molecule has 0 aliphatic rings. The molecular weight excluding hydrogens is 288 g/mol. The van der Waals surface area contributed by atoms with Gasteiger partial charge < -0.3 is 14.0 Å². The van der Waals surface area contributed by atoms with Crippen LogP contribution in [-0.4, -0.2) is 16.7 Å². The van der Waals surface area contributed by atoms with Crippen LogP contribution in [0.2, 0.25) is 0 Å². The Bertz CT molecular complexity index is 776. The van der Waals surface area contributed by atoms with Gasteiger partial charge in [-0.2, -0.15) is 0 Å². The summed E-state index contributed by atoms with van der Waals surface area (Å²) < 4.78 is 13.3. The Kier molecular flexibility index (Phi) is 4.51. The van der Waals surface area contributed by atoms with Gasteiger partial charge in [-0.25, -0.2) is 4.98 Å². The van der Waals surface area contributed by atoms with Crippen LogP contribution in [0, 0.1) is 5.92 Å². The first-order valence-corrected chi connectivity index (χ1v) is 7.88. The largest absolute Gasteiger partial charge is 0.497 e. The third-order valence-electron chi connectivity index (χ3n) is 3.71. The van der Waals surface area contributed by atoms with Crippen molar-refractivity contribution in [3.05, 3.63) is 54.4 Å². The van der Waals surface area contributed by atoms with Gasteiger partial charge in [0, 0.05) is 6.54 Å². The molecule has 0 radical (unpaired) electrons. The number of rotatable bonds is 6. The first kappa shape index (κ1) is 15.4. The van der Waals surface area contributed by atoms with Gasteiger partial charge in [0.2, 0.25) is 0 Å². The van der Waals surface area contributed by atoms with E-state index in [2.05, 4.69) is 30.5 Å². The summed E-state index contributed by atoms with van der Waals surface area (Å²) in [6.07, 6.45) is 0. The van der Waals surface area contributed by atoms with E-state index in [4.69, 9.17) is 14.5 Å². The number of benzene rings is 2. The van der Waals surface area contributed by atoms with Gasteiger partial charge in [0.25, 0.3) is 0 Å². The first-order valence-electron chi connectivity index (χ1n) is 7.88. The molecule has 0 unspecified atom stereocenters. The van der Waals surface area contributed by atoms with E-state index in [0.717, 1.165) is 34.9 Å². The minimum Gasteiger partial charge on any atom is -0.497 e. The van der Waals surface area contributed by atoms with Crippen LogP contribution in [0.5, 0.6) is 11.5 Å². The molecule has 0 atom stereocenters. The van der Waals surface area contributed by atoms with E-state index in [9.17, 15) is 0 Å². The maximum Gasteiger partial charge on any atom is 0.148 e. The van der Waals surface area contributed by atoms with Crippen LogP contribution in [0.25, 0.3) is 11.0 Å². The average molecular weight is 310 g/mol. The van der Waals surface area contributed by atoms with E-state index in [1.807, 2.05) is 36.4 Å². The standard InChI is InChI=1S/C19H22N2O2/c1-14(2)12-21-18-7-5-4-6-17(18)20-19(21)13-23-16-10-8-15(22-3)9-11-16/h4-11,14H,12-13H2,1-3H3. The summed E-state index contributed by atoms with van der Waals surface area (Å²) in [5, 5.41) is 0. The number of methoxy groups -OCH3 is 1. The summed E-state index contributed by atoms with van der Waals surface area (Å²) in [5.74, 6) is 3.14. The van der Waals surface area contributed by atoms with Crippen LogP contribution in [0.4, 0.5) is 0 Å². The van der Waals surface area contributed by atoms with Gasteiger partial charge in [0.05, 0.1) is 18.1 Å². The van der Waals surface area contributed by atoms with Crippen molar-refractivity contribution in [3.8, 4) is 11.5 Å². The monoisotopic (exact) mass is 310 g/mol. The Morgan fingerprint density at radius 3 is 2.39 bits per heavy atom. The minimum absolute atomic E-state index is 0.452. The lowest BCUT2D eigenvalue weighted by molar-refractivity contribution is 0.287. The molecule has 4 heteroatoms. The molecule has 23 heavy (non-hydrogen) atoms. The van der Waals surface area contributed by atoms with Crippen LogP contribution >= 0.6 is 0 Å². The lowest BCUT2D eigenvalue weighted by atomic mass is 10.2. The molecule has 0 fully saturated rings. The van der Waals surface area contributed by atoms with Gasteiger partial charge in [-0.15, -0.1) is 0 Å². The zero-order valence-electron chi connectivity index (χ0n) is 13.8. The smallest absolute Gasteiger partial charge is 0.148 e. The number of hydrogen-bond acceptors (Lipinski definition) is 3. The van der Waals surface area contributed by atoms with Crippen LogP contribution in [0.3, 0.4) is 0 Å². The van der Waals surface area contributed by atoms with E-state index < -0.39 is 0 Å². The molecule has 4 nitrogen and oxygen atoms in total. The molecule has 3 aromatic rings. The normalized spacial score (nSPS) is 11.1. The maximum atomic E-state index is 5.90. The molecule has 0 saturated carbocycles. The van der Waals surface area contributed by atoms with Crippen molar-refractivity contribution >= 4 is 11.0 Å². The van der Waals surface area contributed by atoms with Crippen molar-refractivity contribution in [2.75, 3.05) is 7.11 Å². The number of nitrogens with zero attached hydrogens (tertiary/aromatic N) is 2. The fraction of sp³-hybridized carbons (Fsp3) is 0.316. The molecule has 3 rings (SSSR count).